The van der Waals surface area contributed by atoms with Crippen LogP contribution in [0.5, 0.6) is 0 Å². The van der Waals surface area contributed by atoms with Crippen LogP contribution in [-0.2, 0) is 0 Å². The van der Waals surface area contributed by atoms with Crippen molar-refractivity contribution < 1.29 is 0 Å². The van der Waals surface area contributed by atoms with Crippen molar-refractivity contribution in [2.24, 2.45) is 0 Å². The van der Waals surface area contributed by atoms with Gasteiger partial charge in [0.2, 0.25) is 5.95 Å². The molecule has 0 aromatic carbocycles. The molecule has 0 bridgehead atoms. The molecule has 0 N–H and O–H groups in total. The molecule has 3 heterocycles. The first-order chi connectivity index (χ1) is 7.86. The summed E-state index contributed by atoms with van der Waals surface area (Å²) >= 11 is 6.15. The monoisotopic (exact) mass is 230 g/mol. The Kier molecular flexibility index (Phi) is 2.08. The molecule has 4 nitrogen and oxygen atoms in total. The summed E-state index contributed by atoms with van der Waals surface area (Å²) in [5.41, 5.74) is 0.763. The fourth-order valence-electron chi connectivity index (χ4n) is 1.60. The van der Waals surface area contributed by atoms with E-state index < -0.39 is 0 Å². The summed E-state index contributed by atoms with van der Waals surface area (Å²) in [5.74, 6) is 0.529. The van der Waals surface area contributed by atoms with Gasteiger partial charge in [0.1, 0.15) is 10.8 Å². The molecule has 0 radical (unpaired) electrons. The Morgan fingerprint density at radius 3 is 2.56 bits per heavy atom. The van der Waals surface area contributed by atoms with Crippen LogP contribution in [-0.4, -0.2) is 19.5 Å². The van der Waals surface area contributed by atoms with Gasteiger partial charge in [-0.1, -0.05) is 11.6 Å². The lowest BCUT2D eigenvalue weighted by molar-refractivity contribution is 0.950. The Bertz CT molecular complexity index is 633. The highest BCUT2D eigenvalue weighted by atomic mass is 35.5. The fourth-order valence-corrected chi connectivity index (χ4v) is 1.87. The first kappa shape index (κ1) is 9.30. The molecule has 0 aliphatic carbocycles. The number of aromatic nitrogens is 4. The van der Waals surface area contributed by atoms with Crippen molar-refractivity contribution in [3.63, 3.8) is 0 Å². The number of rotatable bonds is 1. The molecule has 16 heavy (non-hydrogen) atoms. The third-order valence-corrected chi connectivity index (χ3v) is 2.55. The lowest BCUT2D eigenvalue weighted by Gasteiger charge is -2.02. The summed E-state index contributed by atoms with van der Waals surface area (Å²) in [5, 5.41) is 1.53. The Hall–Kier alpha value is -1.94. The molecule has 3 rings (SSSR count). The van der Waals surface area contributed by atoms with Gasteiger partial charge in [0, 0.05) is 24.0 Å². The number of hydrogen-bond acceptors (Lipinski definition) is 3. The highest BCUT2D eigenvalue weighted by Gasteiger charge is 2.10. The second kappa shape index (κ2) is 3.57. The summed E-state index contributed by atoms with van der Waals surface area (Å²) in [4.78, 5) is 12.6. The van der Waals surface area contributed by atoms with Crippen LogP contribution in [0.15, 0.2) is 42.9 Å². The van der Waals surface area contributed by atoms with E-state index in [1.54, 1.807) is 29.2 Å². The third-order valence-electron chi connectivity index (χ3n) is 2.27. The van der Waals surface area contributed by atoms with Crippen LogP contribution in [0.3, 0.4) is 0 Å². The maximum absolute atomic E-state index is 6.15. The summed E-state index contributed by atoms with van der Waals surface area (Å²) in [6, 6.07) is 7.43. The Morgan fingerprint density at radius 1 is 1.00 bits per heavy atom. The maximum atomic E-state index is 6.15. The normalized spacial score (nSPS) is 10.8. The van der Waals surface area contributed by atoms with Gasteiger partial charge < -0.3 is 0 Å². The van der Waals surface area contributed by atoms with Gasteiger partial charge in [-0.05, 0) is 24.3 Å². The second-order valence-electron chi connectivity index (χ2n) is 3.27. The van der Waals surface area contributed by atoms with Gasteiger partial charge >= 0.3 is 0 Å². The Labute approximate surface area is 96.6 Å². The second-order valence-corrected chi connectivity index (χ2v) is 3.65. The van der Waals surface area contributed by atoms with Crippen LogP contribution >= 0.6 is 11.6 Å². The van der Waals surface area contributed by atoms with Crippen LogP contribution in [0.2, 0.25) is 5.15 Å². The molecule has 3 aromatic heterocycles. The molecule has 0 aliphatic rings. The first-order valence-corrected chi connectivity index (χ1v) is 5.13. The highest BCUT2D eigenvalue weighted by molar-refractivity contribution is 6.31. The standard InChI is InChI=1S/C11H7ClN4/c12-9-7-8-3-1-4-13-10(8)16(9)11-14-5-2-6-15-11/h1-7H. The topological polar surface area (TPSA) is 43.6 Å². The van der Waals surface area contributed by atoms with E-state index >= 15 is 0 Å². The molecular weight excluding hydrogens is 224 g/mol. The zero-order chi connectivity index (χ0) is 11.0. The minimum Gasteiger partial charge on any atom is -0.252 e. The molecule has 5 heteroatoms. The molecular formula is C11H7ClN4. The van der Waals surface area contributed by atoms with E-state index in [9.17, 15) is 0 Å². The van der Waals surface area contributed by atoms with Gasteiger partial charge in [-0.3, -0.25) is 4.57 Å². The quantitative estimate of drug-likeness (QED) is 0.645. The summed E-state index contributed by atoms with van der Waals surface area (Å²) in [7, 11) is 0. The first-order valence-electron chi connectivity index (χ1n) is 4.75. The van der Waals surface area contributed by atoms with E-state index in [-0.39, 0.29) is 0 Å². The Morgan fingerprint density at radius 2 is 1.75 bits per heavy atom. The van der Waals surface area contributed by atoms with Crippen LogP contribution in [0.1, 0.15) is 0 Å². The molecule has 0 fully saturated rings. The number of hydrogen-bond donors (Lipinski definition) is 0. The van der Waals surface area contributed by atoms with Crippen LogP contribution in [0, 0.1) is 0 Å². The van der Waals surface area contributed by atoms with Crippen LogP contribution < -0.4 is 0 Å². The van der Waals surface area contributed by atoms with Crippen molar-refractivity contribution in [3.8, 4) is 5.95 Å². The summed E-state index contributed by atoms with van der Waals surface area (Å²) in [6.45, 7) is 0. The molecule has 0 amide bonds. The van der Waals surface area contributed by atoms with E-state index in [0.717, 1.165) is 11.0 Å². The van der Waals surface area contributed by atoms with Gasteiger partial charge in [0.25, 0.3) is 0 Å². The zero-order valence-corrected chi connectivity index (χ0v) is 8.96. The average molecular weight is 231 g/mol. The number of pyridine rings is 1. The van der Waals surface area contributed by atoms with Crippen molar-refractivity contribution in [1.29, 1.82) is 0 Å². The van der Waals surface area contributed by atoms with Crippen molar-refractivity contribution in [3.05, 3.63) is 48.0 Å². The molecule has 0 saturated heterocycles. The highest BCUT2D eigenvalue weighted by Crippen LogP contribution is 2.23. The SMILES string of the molecule is Clc1cc2cccnc2n1-c1ncccn1. The van der Waals surface area contributed by atoms with Crippen molar-refractivity contribution in [1.82, 2.24) is 19.5 Å². The van der Waals surface area contributed by atoms with Crippen molar-refractivity contribution in [2.45, 2.75) is 0 Å². The smallest absolute Gasteiger partial charge is 0.236 e. The van der Waals surface area contributed by atoms with E-state index in [1.165, 1.54) is 0 Å². The molecule has 0 atom stereocenters. The van der Waals surface area contributed by atoms with Crippen molar-refractivity contribution in [2.75, 3.05) is 0 Å². The number of nitrogens with zero attached hydrogens (tertiary/aromatic N) is 4. The third kappa shape index (κ3) is 1.35. The lowest BCUT2D eigenvalue weighted by atomic mass is 10.3. The maximum Gasteiger partial charge on any atom is 0.236 e. The van der Waals surface area contributed by atoms with Crippen molar-refractivity contribution >= 4 is 22.6 Å². The fraction of sp³-hybridized carbons (Fsp3) is 0. The minimum absolute atomic E-state index is 0.529. The predicted octanol–water partition coefficient (Wildman–Crippen LogP) is 2.47. The lowest BCUT2D eigenvalue weighted by Crippen LogP contribution is -2.00. The summed E-state index contributed by atoms with van der Waals surface area (Å²) < 4.78 is 1.72. The van der Waals surface area contributed by atoms with Gasteiger partial charge in [0.15, 0.2) is 0 Å². The largest absolute Gasteiger partial charge is 0.252 e. The Balaban J connectivity index is 2.35. The summed E-state index contributed by atoms with van der Waals surface area (Å²) in [6.07, 6.45) is 5.07. The molecule has 3 aromatic rings. The van der Waals surface area contributed by atoms with E-state index in [4.69, 9.17) is 11.6 Å². The van der Waals surface area contributed by atoms with Crippen LogP contribution in [0.4, 0.5) is 0 Å². The van der Waals surface area contributed by atoms with Gasteiger partial charge in [-0.25, -0.2) is 15.0 Å². The predicted molar refractivity (Wildman–Crippen MR) is 61.7 cm³/mol. The molecule has 0 unspecified atom stereocenters. The van der Waals surface area contributed by atoms with Crippen LogP contribution in [0.25, 0.3) is 17.0 Å². The van der Waals surface area contributed by atoms with E-state index in [0.29, 0.717) is 11.1 Å². The minimum atomic E-state index is 0.529. The number of fused-ring (bicyclic) bond motifs is 1. The van der Waals surface area contributed by atoms with Gasteiger partial charge in [-0.2, -0.15) is 0 Å². The zero-order valence-electron chi connectivity index (χ0n) is 8.21. The molecule has 78 valence electrons. The molecule has 0 saturated carbocycles. The van der Waals surface area contributed by atoms with Gasteiger partial charge in [-0.15, -0.1) is 0 Å². The van der Waals surface area contributed by atoms with E-state index in [1.807, 2.05) is 18.2 Å². The number of halogens is 1. The average Bonchev–Trinajstić information content (AvgIpc) is 2.66. The molecule has 0 spiro atoms. The van der Waals surface area contributed by atoms with E-state index in [2.05, 4.69) is 15.0 Å². The molecule has 0 aliphatic heterocycles. The van der Waals surface area contributed by atoms with Gasteiger partial charge in [0.05, 0.1) is 0 Å².